The van der Waals surface area contributed by atoms with Crippen molar-refractivity contribution < 1.29 is 9.53 Å². The molecule has 0 aliphatic carbocycles. The van der Waals surface area contributed by atoms with Crippen molar-refractivity contribution in [1.29, 1.82) is 0 Å². The van der Waals surface area contributed by atoms with Crippen LogP contribution >= 0.6 is 0 Å². The van der Waals surface area contributed by atoms with Crippen molar-refractivity contribution >= 4 is 11.6 Å². The molecule has 1 heterocycles. The summed E-state index contributed by atoms with van der Waals surface area (Å²) < 4.78 is 5.76. The minimum Gasteiger partial charge on any atom is -0.494 e. The predicted molar refractivity (Wildman–Crippen MR) is 107 cm³/mol. The van der Waals surface area contributed by atoms with Gasteiger partial charge in [0, 0.05) is 11.8 Å². The van der Waals surface area contributed by atoms with E-state index in [1.165, 1.54) is 44.9 Å². The fourth-order valence-electron chi connectivity index (χ4n) is 2.77. The molecule has 2 rings (SSSR count). The average Bonchev–Trinajstić information content (AvgIpc) is 2.68. The molecule has 0 bridgehead atoms. The van der Waals surface area contributed by atoms with E-state index < -0.39 is 0 Å². The lowest BCUT2D eigenvalue weighted by atomic mass is 10.1. The highest BCUT2D eigenvalue weighted by molar-refractivity contribution is 6.04. The Balaban J connectivity index is 1.62. The summed E-state index contributed by atoms with van der Waals surface area (Å²) in [5, 5.41) is 2.82. The molecule has 4 nitrogen and oxygen atoms in total. The molecule has 0 aliphatic heterocycles. The minimum atomic E-state index is -0.146. The second-order valence-electron chi connectivity index (χ2n) is 6.54. The van der Waals surface area contributed by atoms with Gasteiger partial charge in [-0.05, 0) is 42.8 Å². The highest BCUT2D eigenvalue weighted by atomic mass is 16.5. The molecule has 140 valence electrons. The molecule has 4 heteroatoms. The topological polar surface area (TPSA) is 51.2 Å². The van der Waals surface area contributed by atoms with E-state index in [1.54, 1.807) is 30.6 Å². The molecular formula is C22H30N2O2. The maximum atomic E-state index is 12.2. The molecule has 1 amide bonds. The Morgan fingerprint density at radius 1 is 0.962 bits per heavy atom. The van der Waals surface area contributed by atoms with Gasteiger partial charge in [-0.1, -0.05) is 51.9 Å². The number of nitrogens with one attached hydrogen (secondary N) is 1. The van der Waals surface area contributed by atoms with Crippen molar-refractivity contribution in [3.8, 4) is 5.75 Å². The summed E-state index contributed by atoms with van der Waals surface area (Å²) in [6.07, 6.45) is 13.6. The minimum absolute atomic E-state index is 0.146. The lowest BCUT2D eigenvalue weighted by molar-refractivity contribution is 0.102. The number of nitrogens with zero attached hydrogens (tertiary/aromatic N) is 1. The maximum Gasteiger partial charge on any atom is 0.255 e. The number of anilines is 1. The summed E-state index contributed by atoms with van der Waals surface area (Å²) in [6.45, 7) is 2.98. The van der Waals surface area contributed by atoms with E-state index in [0.29, 0.717) is 11.3 Å². The van der Waals surface area contributed by atoms with Gasteiger partial charge in [0.1, 0.15) is 5.75 Å². The normalized spacial score (nSPS) is 10.5. The van der Waals surface area contributed by atoms with Gasteiger partial charge < -0.3 is 10.1 Å². The molecule has 0 spiro atoms. The molecule has 0 saturated heterocycles. The lowest BCUT2D eigenvalue weighted by Gasteiger charge is -2.08. The fourth-order valence-corrected chi connectivity index (χ4v) is 2.77. The van der Waals surface area contributed by atoms with Crippen molar-refractivity contribution in [2.45, 2.75) is 58.3 Å². The number of unbranched alkanes of at least 4 members (excludes halogenated alkanes) is 7. The summed E-state index contributed by atoms with van der Waals surface area (Å²) in [5.74, 6) is 0.665. The third-order valence-electron chi connectivity index (χ3n) is 4.30. The van der Waals surface area contributed by atoms with E-state index in [-0.39, 0.29) is 5.91 Å². The highest BCUT2D eigenvalue weighted by Gasteiger charge is 2.06. The third-order valence-corrected chi connectivity index (χ3v) is 4.30. The Morgan fingerprint density at radius 2 is 1.65 bits per heavy atom. The number of hydrogen-bond acceptors (Lipinski definition) is 3. The Kier molecular flexibility index (Phi) is 9.26. The van der Waals surface area contributed by atoms with E-state index in [1.807, 2.05) is 18.2 Å². The second-order valence-corrected chi connectivity index (χ2v) is 6.54. The number of carbonyl (C=O) groups is 1. The number of carbonyl (C=O) groups excluding carboxylic acids is 1. The first-order valence-corrected chi connectivity index (χ1v) is 9.74. The number of amides is 1. The van der Waals surface area contributed by atoms with Gasteiger partial charge in [-0.2, -0.15) is 0 Å². The number of aromatic nitrogens is 1. The summed E-state index contributed by atoms with van der Waals surface area (Å²) in [4.78, 5) is 16.2. The Labute approximate surface area is 157 Å². The first-order valence-electron chi connectivity index (χ1n) is 9.74. The van der Waals surface area contributed by atoms with Crippen LogP contribution in [0.2, 0.25) is 0 Å². The molecule has 0 atom stereocenters. The molecule has 0 radical (unpaired) electrons. The molecule has 1 N–H and O–H groups in total. The molecule has 26 heavy (non-hydrogen) atoms. The monoisotopic (exact) mass is 354 g/mol. The summed E-state index contributed by atoms with van der Waals surface area (Å²) >= 11 is 0. The molecule has 1 aromatic heterocycles. The van der Waals surface area contributed by atoms with Crippen LogP contribution in [0.15, 0.2) is 48.8 Å². The maximum absolute atomic E-state index is 12.2. The standard InChI is InChI=1S/C22H30N2O2/c1-2-3-4-5-6-7-8-9-17-26-21-14-12-19(13-15-21)22(25)24-20-11-10-16-23-18-20/h10-16,18H,2-9,17H2,1H3,(H,24,25). The lowest BCUT2D eigenvalue weighted by Crippen LogP contribution is -2.11. The van der Waals surface area contributed by atoms with Crippen LogP contribution in [0.4, 0.5) is 5.69 Å². The van der Waals surface area contributed by atoms with Crippen LogP contribution in [-0.4, -0.2) is 17.5 Å². The van der Waals surface area contributed by atoms with Gasteiger partial charge in [0.2, 0.25) is 0 Å². The van der Waals surface area contributed by atoms with Crippen LogP contribution in [-0.2, 0) is 0 Å². The molecule has 2 aromatic rings. The number of ether oxygens (including phenoxy) is 1. The highest BCUT2D eigenvalue weighted by Crippen LogP contribution is 2.15. The molecule has 1 aromatic carbocycles. The fraction of sp³-hybridized carbons (Fsp3) is 0.455. The molecular weight excluding hydrogens is 324 g/mol. The number of pyridine rings is 1. The quantitative estimate of drug-likeness (QED) is 0.486. The van der Waals surface area contributed by atoms with Crippen molar-refractivity contribution in [1.82, 2.24) is 4.98 Å². The second kappa shape index (κ2) is 12.1. The van der Waals surface area contributed by atoms with Gasteiger partial charge in [0.25, 0.3) is 5.91 Å². The number of hydrogen-bond donors (Lipinski definition) is 1. The number of rotatable bonds is 12. The van der Waals surface area contributed by atoms with Gasteiger partial charge in [-0.25, -0.2) is 0 Å². The SMILES string of the molecule is CCCCCCCCCCOc1ccc(C(=O)Nc2cccnc2)cc1. The smallest absolute Gasteiger partial charge is 0.255 e. The Bertz CT molecular complexity index is 626. The first kappa shape index (κ1) is 20.0. The van der Waals surface area contributed by atoms with Crippen molar-refractivity contribution in [2.24, 2.45) is 0 Å². The van der Waals surface area contributed by atoms with Crippen molar-refractivity contribution in [2.75, 3.05) is 11.9 Å². The van der Waals surface area contributed by atoms with Crippen molar-refractivity contribution in [3.63, 3.8) is 0 Å². The zero-order valence-corrected chi connectivity index (χ0v) is 15.7. The van der Waals surface area contributed by atoms with Crippen LogP contribution < -0.4 is 10.1 Å². The summed E-state index contributed by atoms with van der Waals surface area (Å²) in [5.41, 5.74) is 1.29. The van der Waals surface area contributed by atoms with Gasteiger partial charge in [-0.15, -0.1) is 0 Å². The van der Waals surface area contributed by atoms with Crippen LogP contribution in [0, 0.1) is 0 Å². The predicted octanol–water partition coefficient (Wildman–Crippen LogP) is 5.85. The third kappa shape index (κ3) is 7.68. The van der Waals surface area contributed by atoms with Crippen molar-refractivity contribution in [3.05, 3.63) is 54.4 Å². The van der Waals surface area contributed by atoms with Gasteiger partial charge in [-0.3, -0.25) is 9.78 Å². The van der Waals surface area contributed by atoms with Crippen LogP contribution in [0.3, 0.4) is 0 Å². The van der Waals surface area contributed by atoms with E-state index >= 15 is 0 Å². The largest absolute Gasteiger partial charge is 0.494 e. The van der Waals surface area contributed by atoms with Crippen LogP contribution in [0.25, 0.3) is 0 Å². The molecule has 0 fully saturated rings. The van der Waals surface area contributed by atoms with Gasteiger partial charge in [0.05, 0.1) is 18.5 Å². The van der Waals surface area contributed by atoms with E-state index in [0.717, 1.165) is 18.8 Å². The Morgan fingerprint density at radius 3 is 2.31 bits per heavy atom. The zero-order chi connectivity index (χ0) is 18.5. The van der Waals surface area contributed by atoms with Gasteiger partial charge >= 0.3 is 0 Å². The van der Waals surface area contributed by atoms with E-state index in [9.17, 15) is 4.79 Å². The zero-order valence-electron chi connectivity index (χ0n) is 15.7. The van der Waals surface area contributed by atoms with Gasteiger partial charge in [0.15, 0.2) is 0 Å². The molecule has 0 unspecified atom stereocenters. The molecule has 0 aliphatic rings. The first-order chi connectivity index (χ1) is 12.8. The summed E-state index contributed by atoms with van der Waals surface area (Å²) in [7, 11) is 0. The molecule has 0 saturated carbocycles. The average molecular weight is 354 g/mol. The summed E-state index contributed by atoms with van der Waals surface area (Å²) in [6, 6.07) is 10.9. The van der Waals surface area contributed by atoms with E-state index in [4.69, 9.17) is 4.74 Å². The van der Waals surface area contributed by atoms with Crippen LogP contribution in [0.5, 0.6) is 5.75 Å². The number of benzene rings is 1. The van der Waals surface area contributed by atoms with E-state index in [2.05, 4.69) is 17.2 Å². The Hall–Kier alpha value is -2.36. The van der Waals surface area contributed by atoms with Crippen LogP contribution in [0.1, 0.15) is 68.6 Å².